The number of hydrogen-bond acceptors (Lipinski definition) is 5. The number of carbonyl (C=O) groups is 1. The van der Waals surface area contributed by atoms with Crippen LogP contribution in [0, 0.1) is 0 Å². The van der Waals surface area contributed by atoms with Crippen molar-refractivity contribution in [1.29, 1.82) is 0 Å². The molecule has 0 radical (unpaired) electrons. The van der Waals surface area contributed by atoms with Gasteiger partial charge in [0.25, 0.3) is 5.91 Å². The first-order chi connectivity index (χ1) is 13.2. The van der Waals surface area contributed by atoms with E-state index in [1.165, 1.54) is 0 Å². The van der Waals surface area contributed by atoms with Crippen molar-refractivity contribution in [3.8, 4) is 17.2 Å². The molecule has 1 aliphatic rings. The number of ether oxygens (including phenoxy) is 3. The molecule has 6 nitrogen and oxygen atoms in total. The predicted octanol–water partition coefficient (Wildman–Crippen LogP) is 3.24. The maximum absolute atomic E-state index is 12.0. The summed E-state index contributed by atoms with van der Waals surface area (Å²) in [7, 11) is 1.62. The Morgan fingerprint density at radius 3 is 2.63 bits per heavy atom. The molecule has 0 spiro atoms. The minimum absolute atomic E-state index is 0.0181. The first-order valence-corrected chi connectivity index (χ1v) is 9.25. The van der Waals surface area contributed by atoms with Crippen LogP contribution in [0.2, 0.25) is 0 Å². The zero-order chi connectivity index (χ0) is 19.1. The molecule has 0 unspecified atom stereocenters. The molecular formula is C21H26N2O4. The number of carbonyl (C=O) groups excluding carboxylic acids is 1. The van der Waals surface area contributed by atoms with E-state index in [0.29, 0.717) is 35.9 Å². The van der Waals surface area contributed by atoms with Crippen LogP contribution >= 0.6 is 0 Å². The molecular weight excluding hydrogens is 344 g/mol. The Morgan fingerprint density at radius 1 is 1.11 bits per heavy atom. The standard InChI is InChI=1S/C21H26N2O4/c1-3-4-9-23-21(24)17-7-5-15(6-8-17)12-22-13-16-10-18(25-2)20-19(11-16)26-14-27-20/h5-8,10-11,22H,3-4,9,12-14H2,1-2H3,(H,23,24). The summed E-state index contributed by atoms with van der Waals surface area (Å²) in [6.07, 6.45) is 2.07. The van der Waals surface area contributed by atoms with E-state index in [-0.39, 0.29) is 12.7 Å². The highest BCUT2D eigenvalue weighted by molar-refractivity contribution is 5.94. The summed E-state index contributed by atoms with van der Waals surface area (Å²) >= 11 is 0. The number of fused-ring (bicyclic) bond motifs is 1. The van der Waals surface area contributed by atoms with Crippen molar-refractivity contribution < 1.29 is 19.0 Å². The molecule has 0 saturated carbocycles. The summed E-state index contributed by atoms with van der Waals surface area (Å²) in [5.74, 6) is 2.04. The lowest BCUT2D eigenvalue weighted by Crippen LogP contribution is -2.24. The van der Waals surface area contributed by atoms with Crippen LogP contribution in [0.1, 0.15) is 41.3 Å². The Kier molecular flexibility index (Phi) is 6.54. The highest BCUT2D eigenvalue weighted by Crippen LogP contribution is 2.41. The molecule has 2 aromatic rings. The molecule has 1 aliphatic heterocycles. The number of amides is 1. The van der Waals surface area contributed by atoms with Crippen molar-refractivity contribution in [2.45, 2.75) is 32.9 Å². The molecule has 3 rings (SSSR count). The average Bonchev–Trinajstić information content (AvgIpc) is 3.16. The second-order valence-electron chi connectivity index (χ2n) is 6.44. The molecule has 0 saturated heterocycles. The predicted molar refractivity (Wildman–Crippen MR) is 103 cm³/mol. The molecule has 0 bridgehead atoms. The fourth-order valence-corrected chi connectivity index (χ4v) is 2.89. The highest BCUT2D eigenvalue weighted by Gasteiger charge is 2.19. The minimum atomic E-state index is -0.0181. The van der Waals surface area contributed by atoms with Gasteiger partial charge in [-0.1, -0.05) is 25.5 Å². The van der Waals surface area contributed by atoms with Gasteiger partial charge in [-0.25, -0.2) is 0 Å². The monoisotopic (exact) mass is 370 g/mol. The van der Waals surface area contributed by atoms with Gasteiger partial charge >= 0.3 is 0 Å². The molecule has 27 heavy (non-hydrogen) atoms. The fraction of sp³-hybridized carbons (Fsp3) is 0.381. The Labute approximate surface area is 159 Å². The average molecular weight is 370 g/mol. The topological polar surface area (TPSA) is 68.8 Å². The molecule has 2 N–H and O–H groups in total. The van der Waals surface area contributed by atoms with E-state index in [4.69, 9.17) is 14.2 Å². The van der Waals surface area contributed by atoms with Crippen LogP contribution in [-0.4, -0.2) is 26.4 Å². The van der Waals surface area contributed by atoms with E-state index >= 15 is 0 Å². The van der Waals surface area contributed by atoms with Gasteiger partial charge in [0.05, 0.1) is 7.11 Å². The van der Waals surface area contributed by atoms with Gasteiger partial charge in [-0.3, -0.25) is 4.79 Å². The highest BCUT2D eigenvalue weighted by atomic mass is 16.7. The van der Waals surface area contributed by atoms with Crippen LogP contribution in [-0.2, 0) is 13.1 Å². The summed E-state index contributed by atoms with van der Waals surface area (Å²) in [6, 6.07) is 11.6. The fourth-order valence-electron chi connectivity index (χ4n) is 2.89. The largest absolute Gasteiger partial charge is 0.493 e. The van der Waals surface area contributed by atoms with E-state index in [1.54, 1.807) is 7.11 Å². The molecule has 0 aromatic heterocycles. The van der Waals surface area contributed by atoms with Crippen molar-refractivity contribution in [2.24, 2.45) is 0 Å². The molecule has 0 aliphatic carbocycles. The molecule has 1 amide bonds. The zero-order valence-corrected chi connectivity index (χ0v) is 15.8. The molecule has 1 heterocycles. The summed E-state index contributed by atoms with van der Waals surface area (Å²) in [6.45, 7) is 4.42. The van der Waals surface area contributed by atoms with Crippen LogP contribution in [0.15, 0.2) is 36.4 Å². The lowest BCUT2D eigenvalue weighted by atomic mass is 10.1. The van der Waals surface area contributed by atoms with E-state index < -0.39 is 0 Å². The van der Waals surface area contributed by atoms with Crippen molar-refractivity contribution in [2.75, 3.05) is 20.4 Å². The van der Waals surface area contributed by atoms with Crippen LogP contribution < -0.4 is 24.8 Å². The van der Waals surface area contributed by atoms with Gasteiger partial charge < -0.3 is 24.8 Å². The summed E-state index contributed by atoms with van der Waals surface area (Å²) in [4.78, 5) is 12.0. The van der Waals surface area contributed by atoms with Crippen molar-refractivity contribution >= 4 is 5.91 Å². The maximum Gasteiger partial charge on any atom is 0.251 e. The number of unbranched alkanes of at least 4 members (excludes halogenated alkanes) is 1. The number of nitrogens with one attached hydrogen (secondary N) is 2. The SMILES string of the molecule is CCCCNC(=O)c1ccc(CNCc2cc(OC)c3c(c2)OCO3)cc1. The van der Waals surface area contributed by atoms with Gasteiger partial charge in [-0.15, -0.1) is 0 Å². The van der Waals surface area contributed by atoms with E-state index in [1.807, 2.05) is 36.4 Å². The maximum atomic E-state index is 12.0. The molecule has 144 valence electrons. The van der Waals surface area contributed by atoms with Crippen LogP contribution in [0.5, 0.6) is 17.2 Å². The number of hydrogen-bond donors (Lipinski definition) is 2. The third-order valence-corrected chi connectivity index (χ3v) is 4.41. The normalized spacial score (nSPS) is 12.1. The van der Waals surface area contributed by atoms with Gasteiger partial charge in [0, 0.05) is 25.2 Å². The lowest BCUT2D eigenvalue weighted by molar-refractivity contribution is 0.0953. The summed E-state index contributed by atoms with van der Waals surface area (Å²) in [5, 5.41) is 6.33. The van der Waals surface area contributed by atoms with Crippen LogP contribution in [0.25, 0.3) is 0 Å². The van der Waals surface area contributed by atoms with E-state index in [2.05, 4.69) is 17.6 Å². The first kappa shape index (κ1) is 19.0. The third-order valence-electron chi connectivity index (χ3n) is 4.41. The van der Waals surface area contributed by atoms with Gasteiger partial charge in [-0.2, -0.15) is 0 Å². The van der Waals surface area contributed by atoms with Gasteiger partial charge in [0.1, 0.15) is 0 Å². The second kappa shape index (κ2) is 9.28. The number of rotatable bonds is 9. The van der Waals surface area contributed by atoms with Crippen molar-refractivity contribution in [3.05, 3.63) is 53.1 Å². The summed E-state index contributed by atoms with van der Waals surface area (Å²) < 4.78 is 16.2. The Morgan fingerprint density at radius 2 is 1.89 bits per heavy atom. The Balaban J connectivity index is 1.51. The molecule has 2 aromatic carbocycles. The van der Waals surface area contributed by atoms with Crippen LogP contribution in [0.3, 0.4) is 0 Å². The smallest absolute Gasteiger partial charge is 0.251 e. The lowest BCUT2D eigenvalue weighted by Gasteiger charge is -2.10. The van der Waals surface area contributed by atoms with Crippen molar-refractivity contribution in [1.82, 2.24) is 10.6 Å². The van der Waals surface area contributed by atoms with Gasteiger partial charge in [-0.05, 0) is 41.8 Å². The van der Waals surface area contributed by atoms with Crippen molar-refractivity contribution in [3.63, 3.8) is 0 Å². The Hall–Kier alpha value is -2.73. The quantitative estimate of drug-likeness (QED) is 0.663. The van der Waals surface area contributed by atoms with E-state index in [9.17, 15) is 4.79 Å². The molecule has 0 fully saturated rings. The zero-order valence-electron chi connectivity index (χ0n) is 15.8. The first-order valence-electron chi connectivity index (χ1n) is 9.25. The van der Waals surface area contributed by atoms with Crippen LogP contribution in [0.4, 0.5) is 0 Å². The summed E-state index contributed by atoms with van der Waals surface area (Å²) in [5.41, 5.74) is 2.87. The molecule has 6 heteroatoms. The van der Waals surface area contributed by atoms with E-state index in [0.717, 1.165) is 30.5 Å². The number of benzene rings is 2. The Bertz CT molecular complexity index is 774. The second-order valence-corrected chi connectivity index (χ2v) is 6.44. The van der Waals surface area contributed by atoms with Gasteiger partial charge in [0.15, 0.2) is 11.5 Å². The minimum Gasteiger partial charge on any atom is -0.493 e. The molecule has 0 atom stereocenters. The number of methoxy groups -OCH3 is 1. The third kappa shape index (κ3) is 4.92. The van der Waals surface area contributed by atoms with Gasteiger partial charge in [0.2, 0.25) is 12.5 Å².